The Morgan fingerprint density at radius 2 is 1.82 bits per heavy atom. The molecule has 0 fully saturated rings. The SMILES string of the molecule is CC(=O)N(c1nc(COc2ccc([N+](=O)[O-])cc2C(F)(F)F)cs1)c1c(C)cc(C)cc1C. The molecule has 174 valence electrons. The van der Waals surface area contributed by atoms with Crippen LogP contribution >= 0.6 is 11.3 Å². The first-order chi connectivity index (χ1) is 15.4. The predicted octanol–water partition coefficient (Wildman–Crippen LogP) is 6.26. The van der Waals surface area contributed by atoms with Crippen LogP contribution in [0.1, 0.15) is 34.9 Å². The van der Waals surface area contributed by atoms with Crippen molar-refractivity contribution in [2.24, 2.45) is 0 Å². The number of nitro benzene ring substituents is 1. The summed E-state index contributed by atoms with van der Waals surface area (Å²) in [5.74, 6) is -0.808. The number of non-ortho nitro benzene ring substituents is 1. The molecule has 0 saturated carbocycles. The maximum absolute atomic E-state index is 13.3. The Hall–Kier alpha value is -3.47. The molecule has 0 bridgehead atoms. The fourth-order valence-electron chi connectivity index (χ4n) is 3.51. The standard InChI is InChI=1S/C22H20F3N3O4S/c1-12-7-13(2)20(14(3)8-12)27(15(4)29)21-26-16(11-33-21)10-32-19-6-5-17(28(30)31)9-18(19)22(23,24)25/h5-9,11H,10H2,1-4H3. The average molecular weight is 479 g/mol. The Morgan fingerprint density at radius 1 is 1.18 bits per heavy atom. The number of benzene rings is 2. The van der Waals surface area contributed by atoms with Gasteiger partial charge in [0.05, 0.1) is 16.3 Å². The second-order valence-electron chi connectivity index (χ2n) is 7.45. The van der Waals surface area contributed by atoms with E-state index in [2.05, 4.69) is 4.98 Å². The number of rotatable bonds is 6. The first-order valence-corrected chi connectivity index (χ1v) is 10.6. The molecule has 0 saturated heterocycles. The Labute approximate surface area is 191 Å². The lowest BCUT2D eigenvalue weighted by Crippen LogP contribution is -2.24. The summed E-state index contributed by atoms with van der Waals surface area (Å²) in [6, 6.07) is 6.18. The van der Waals surface area contributed by atoms with Crippen LogP contribution in [0.5, 0.6) is 5.75 Å². The average Bonchev–Trinajstić information content (AvgIpc) is 3.16. The summed E-state index contributed by atoms with van der Waals surface area (Å²) >= 11 is 1.16. The summed E-state index contributed by atoms with van der Waals surface area (Å²) in [6.07, 6.45) is -4.83. The van der Waals surface area contributed by atoms with E-state index in [1.165, 1.54) is 11.8 Å². The molecule has 1 aromatic heterocycles. The first kappa shape index (κ1) is 24.2. The smallest absolute Gasteiger partial charge is 0.420 e. The van der Waals surface area contributed by atoms with Crippen molar-refractivity contribution in [3.63, 3.8) is 0 Å². The molecule has 11 heteroatoms. The number of aromatic nitrogens is 1. The molecule has 0 unspecified atom stereocenters. The van der Waals surface area contributed by atoms with E-state index >= 15 is 0 Å². The van der Waals surface area contributed by atoms with Crippen molar-refractivity contribution in [2.75, 3.05) is 4.90 Å². The highest BCUT2D eigenvalue weighted by Crippen LogP contribution is 2.39. The van der Waals surface area contributed by atoms with Gasteiger partial charge in [-0.3, -0.25) is 19.8 Å². The summed E-state index contributed by atoms with van der Waals surface area (Å²) in [6.45, 7) is 6.82. The van der Waals surface area contributed by atoms with E-state index in [0.29, 0.717) is 22.6 Å². The molecule has 1 heterocycles. The summed E-state index contributed by atoms with van der Waals surface area (Å²) in [5, 5.41) is 12.8. The molecule has 3 aromatic rings. The van der Waals surface area contributed by atoms with Gasteiger partial charge in [0.15, 0.2) is 5.13 Å². The van der Waals surface area contributed by atoms with E-state index in [4.69, 9.17) is 4.74 Å². The molecule has 0 spiro atoms. The highest BCUT2D eigenvalue weighted by Gasteiger charge is 2.36. The number of amides is 1. The number of aryl methyl sites for hydroxylation is 3. The fourth-order valence-corrected chi connectivity index (χ4v) is 4.37. The van der Waals surface area contributed by atoms with Gasteiger partial charge in [-0.05, 0) is 38.0 Å². The quantitative estimate of drug-likeness (QED) is 0.308. The van der Waals surface area contributed by atoms with Gasteiger partial charge in [-0.1, -0.05) is 17.7 Å². The summed E-state index contributed by atoms with van der Waals surface area (Å²) in [7, 11) is 0. The van der Waals surface area contributed by atoms with Gasteiger partial charge in [0.25, 0.3) is 5.69 Å². The van der Waals surface area contributed by atoms with Crippen LogP contribution < -0.4 is 9.64 Å². The lowest BCUT2D eigenvalue weighted by molar-refractivity contribution is -0.385. The topological polar surface area (TPSA) is 85.6 Å². The van der Waals surface area contributed by atoms with E-state index in [1.807, 2.05) is 32.9 Å². The van der Waals surface area contributed by atoms with Crippen LogP contribution in [0.15, 0.2) is 35.7 Å². The lowest BCUT2D eigenvalue weighted by atomic mass is 10.0. The number of thiazole rings is 1. The van der Waals surface area contributed by atoms with Gasteiger partial charge in [0.1, 0.15) is 17.9 Å². The van der Waals surface area contributed by atoms with Gasteiger partial charge in [0.2, 0.25) is 5.91 Å². The number of hydrogen-bond donors (Lipinski definition) is 0. The van der Waals surface area contributed by atoms with Gasteiger partial charge in [0, 0.05) is 24.4 Å². The van der Waals surface area contributed by atoms with Crippen LogP contribution in [-0.4, -0.2) is 15.8 Å². The van der Waals surface area contributed by atoms with Crippen molar-refractivity contribution in [2.45, 2.75) is 40.5 Å². The van der Waals surface area contributed by atoms with Crippen molar-refractivity contribution < 1.29 is 27.6 Å². The minimum Gasteiger partial charge on any atom is -0.487 e. The minimum absolute atomic E-state index is 0.262. The summed E-state index contributed by atoms with van der Waals surface area (Å²) in [5.41, 5.74) is 1.90. The highest BCUT2D eigenvalue weighted by atomic mass is 32.1. The first-order valence-electron chi connectivity index (χ1n) is 9.70. The van der Waals surface area contributed by atoms with Gasteiger partial charge >= 0.3 is 6.18 Å². The van der Waals surface area contributed by atoms with Crippen molar-refractivity contribution >= 4 is 33.8 Å². The maximum atomic E-state index is 13.3. The maximum Gasteiger partial charge on any atom is 0.420 e. The molecule has 2 aromatic carbocycles. The number of hydrogen-bond acceptors (Lipinski definition) is 6. The molecule has 3 rings (SSSR count). The molecule has 0 aliphatic heterocycles. The number of alkyl halides is 3. The largest absolute Gasteiger partial charge is 0.487 e. The molecular formula is C22H20F3N3O4S. The number of nitrogens with zero attached hydrogens (tertiary/aromatic N) is 3. The summed E-state index contributed by atoms with van der Waals surface area (Å²) in [4.78, 5) is 28.2. The minimum atomic E-state index is -4.83. The zero-order chi connectivity index (χ0) is 24.5. The van der Waals surface area contributed by atoms with Crippen molar-refractivity contribution in [3.8, 4) is 5.75 Å². The molecule has 33 heavy (non-hydrogen) atoms. The van der Waals surface area contributed by atoms with Crippen LogP contribution in [0, 0.1) is 30.9 Å². The third kappa shape index (κ3) is 5.30. The Kier molecular flexibility index (Phi) is 6.73. The summed E-state index contributed by atoms with van der Waals surface area (Å²) < 4.78 is 45.3. The molecule has 0 aliphatic rings. The van der Waals surface area contributed by atoms with Crippen molar-refractivity contribution in [1.29, 1.82) is 0 Å². The van der Waals surface area contributed by atoms with E-state index < -0.39 is 28.1 Å². The number of carbonyl (C=O) groups is 1. The lowest BCUT2D eigenvalue weighted by Gasteiger charge is -2.23. The molecule has 0 aliphatic carbocycles. The van der Waals surface area contributed by atoms with E-state index in [0.717, 1.165) is 40.2 Å². The van der Waals surface area contributed by atoms with Crippen LogP contribution in [-0.2, 0) is 17.6 Å². The second-order valence-corrected chi connectivity index (χ2v) is 8.28. The van der Waals surface area contributed by atoms with Gasteiger partial charge in [-0.15, -0.1) is 11.3 Å². The zero-order valence-corrected chi connectivity index (χ0v) is 19.0. The molecule has 7 nitrogen and oxygen atoms in total. The molecule has 0 atom stereocenters. The number of halogens is 3. The third-order valence-corrected chi connectivity index (χ3v) is 5.63. The van der Waals surface area contributed by atoms with E-state index in [1.54, 1.807) is 5.38 Å². The van der Waals surface area contributed by atoms with Gasteiger partial charge < -0.3 is 4.74 Å². The van der Waals surface area contributed by atoms with E-state index in [-0.39, 0.29) is 12.5 Å². The van der Waals surface area contributed by atoms with Crippen molar-refractivity contribution in [3.05, 3.63) is 73.8 Å². The Bertz CT molecular complexity index is 1200. The monoisotopic (exact) mass is 479 g/mol. The third-order valence-electron chi connectivity index (χ3n) is 4.76. The van der Waals surface area contributed by atoms with Crippen molar-refractivity contribution in [1.82, 2.24) is 4.98 Å². The van der Waals surface area contributed by atoms with Crippen LogP contribution in [0.2, 0.25) is 0 Å². The normalized spacial score (nSPS) is 11.4. The molecule has 0 N–H and O–H groups in total. The second kappa shape index (κ2) is 9.18. The van der Waals surface area contributed by atoms with E-state index in [9.17, 15) is 28.1 Å². The van der Waals surface area contributed by atoms with Crippen LogP contribution in [0.3, 0.4) is 0 Å². The molecular weight excluding hydrogens is 459 g/mol. The highest BCUT2D eigenvalue weighted by molar-refractivity contribution is 7.14. The predicted molar refractivity (Wildman–Crippen MR) is 118 cm³/mol. The molecule has 1 amide bonds. The van der Waals surface area contributed by atoms with Gasteiger partial charge in [-0.25, -0.2) is 4.98 Å². The zero-order valence-electron chi connectivity index (χ0n) is 18.2. The Morgan fingerprint density at radius 3 is 2.36 bits per heavy atom. The fraction of sp³-hybridized carbons (Fsp3) is 0.273. The number of anilines is 2. The van der Waals surface area contributed by atoms with Crippen LogP contribution in [0.4, 0.5) is 29.7 Å². The number of carbonyl (C=O) groups excluding carboxylic acids is 1. The molecule has 0 radical (unpaired) electrons. The van der Waals surface area contributed by atoms with Gasteiger partial charge in [-0.2, -0.15) is 13.2 Å². The number of nitro groups is 1. The Balaban J connectivity index is 1.88. The van der Waals surface area contributed by atoms with Crippen LogP contribution in [0.25, 0.3) is 0 Å². The number of ether oxygens (including phenoxy) is 1.